The highest BCUT2D eigenvalue weighted by molar-refractivity contribution is 5.92. The molecule has 1 rings (SSSR count). The van der Waals surface area contributed by atoms with E-state index in [4.69, 9.17) is 0 Å². The molecule has 1 amide bonds. The summed E-state index contributed by atoms with van der Waals surface area (Å²) in [6.07, 6.45) is 0. The summed E-state index contributed by atoms with van der Waals surface area (Å²) in [5.74, 6) is 0.646. The number of likely N-dealkylation sites (N-methyl/N-ethyl adjacent to an activating group) is 1. The van der Waals surface area contributed by atoms with Crippen LogP contribution in [-0.2, 0) is 4.79 Å². The third-order valence-corrected chi connectivity index (χ3v) is 2.13. The number of hydrogen-bond donors (Lipinski definition) is 3. The predicted molar refractivity (Wildman–Crippen MR) is 56.2 cm³/mol. The van der Waals surface area contributed by atoms with Gasteiger partial charge in [-0.05, 0) is 20.8 Å². The van der Waals surface area contributed by atoms with Gasteiger partial charge in [-0.2, -0.15) is 0 Å². The Kier molecular flexibility index (Phi) is 2.98. The van der Waals surface area contributed by atoms with Crippen molar-refractivity contribution in [2.24, 2.45) is 4.99 Å². The first kappa shape index (κ1) is 10.8. The number of aliphatic imine (C=N–C) groups is 1. The zero-order chi connectivity index (χ0) is 10.8. The minimum atomic E-state index is -0.634. The molecule has 0 fully saturated rings. The van der Waals surface area contributed by atoms with Gasteiger partial charge in [-0.1, -0.05) is 0 Å². The Bertz CT molecular complexity index is 260. The zero-order valence-electron chi connectivity index (χ0n) is 9.14. The van der Waals surface area contributed by atoms with Crippen LogP contribution in [0.3, 0.4) is 0 Å². The number of rotatable bonds is 2. The van der Waals surface area contributed by atoms with Crippen molar-refractivity contribution in [2.75, 3.05) is 13.6 Å². The van der Waals surface area contributed by atoms with Crippen LogP contribution in [0.25, 0.3) is 0 Å². The molecule has 0 saturated heterocycles. The van der Waals surface area contributed by atoms with Gasteiger partial charge in [0.2, 0.25) is 5.91 Å². The SMILES string of the molecule is CNC(=O)C(C)(C)NC1=NCC(C)N1. The van der Waals surface area contributed by atoms with Crippen molar-refractivity contribution < 1.29 is 4.79 Å². The summed E-state index contributed by atoms with van der Waals surface area (Å²) in [6.45, 7) is 6.44. The molecule has 3 N–H and O–H groups in total. The summed E-state index contributed by atoms with van der Waals surface area (Å²) in [4.78, 5) is 15.7. The van der Waals surface area contributed by atoms with Crippen LogP contribution in [0.5, 0.6) is 0 Å². The van der Waals surface area contributed by atoms with Crippen LogP contribution >= 0.6 is 0 Å². The number of carbonyl (C=O) groups excluding carboxylic acids is 1. The minimum Gasteiger partial charge on any atom is -0.357 e. The lowest BCUT2D eigenvalue weighted by Crippen LogP contribution is -2.56. The molecule has 1 aliphatic rings. The van der Waals surface area contributed by atoms with Crippen LogP contribution in [0.15, 0.2) is 4.99 Å². The molecule has 0 bridgehead atoms. The molecule has 1 unspecified atom stereocenters. The van der Waals surface area contributed by atoms with E-state index in [1.165, 1.54) is 0 Å². The van der Waals surface area contributed by atoms with Crippen molar-refractivity contribution >= 4 is 11.9 Å². The van der Waals surface area contributed by atoms with Crippen molar-refractivity contribution in [3.8, 4) is 0 Å². The molecule has 0 aliphatic carbocycles. The summed E-state index contributed by atoms with van der Waals surface area (Å²) < 4.78 is 0. The Labute approximate surface area is 84.4 Å². The summed E-state index contributed by atoms with van der Waals surface area (Å²) in [7, 11) is 1.62. The van der Waals surface area contributed by atoms with E-state index >= 15 is 0 Å². The Morgan fingerprint density at radius 3 is 2.71 bits per heavy atom. The second kappa shape index (κ2) is 3.86. The van der Waals surface area contributed by atoms with E-state index in [1.54, 1.807) is 7.05 Å². The van der Waals surface area contributed by atoms with Crippen LogP contribution < -0.4 is 16.0 Å². The van der Waals surface area contributed by atoms with E-state index in [0.717, 1.165) is 6.54 Å². The van der Waals surface area contributed by atoms with Gasteiger partial charge in [-0.25, -0.2) is 0 Å². The second-order valence-electron chi connectivity index (χ2n) is 4.06. The first-order valence-electron chi connectivity index (χ1n) is 4.77. The highest BCUT2D eigenvalue weighted by Crippen LogP contribution is 2.03. The number of carbonyl (C=O) groups is 1. The Hall–Kier alpha value is -1.26. The summed E-state index contributed by atoms with van der Waals surface area (Å²) >= 11 is 0. The fraction of sp³-hybridized carbons (Fsp3) is 0.778. The Morgan fingerprint density at radius 2 is 2.29 bits per heavy atom. The molecule has 0 spiro atoms. The van der Waals surface area contributed by atoms with Crippen molar-refractivity contribution in [3.63, 3.8) is 0 Å². The van der Waals surface area contributed by atoms with E-state index in [9.17, 15) is 4.79 Å². The van der Waals surface area contributed by atoms with E-state index in [0.29, 0.717) is 12.0 Å². The monoisotopic (exact) mass is 198 g/mol. The van der Waals surface area contributed by atoms with Gasteiger partial charge in [0, 0.05) is 13.1 Å². The maximum absolute atomic E-state index is 11.4. The smallest absolute Gasteiger partial charge is 0.244 e. The summed E-state index contributed by atoms with van der Waals surface area (Å²) in [5.41, 5.74) is -0.634. The highest BCUT2D eigenvalue weighted by atomic mass is 16.2. The molecular formula is C9H18N4O. The number of nitrogens with one attached hydrogen (secondary N) is 3. The normalized spacial score (nSPS) is 21.1. The van der Waals surface area contributed by atoms with Crippen molar-refractivity contribution in [1.82, 2.24) is 16.0 Å². The van der Waals surface area contributed by atoms with Crippen LogP contribution in [0.4, 0.5) is 0 Å². The number of nitrogens with zero attached hydrogens (tertiary/aromatic N) is 1. The zero-order valence-corrected chi connectivity index (χ0v) is 9.14. The number of hydrogen-bond acceptors (Lipinski definition) is 4. The number of amides is 1. The minimum absolute atomic E-state index is 0.0541. The van der Waals surface area contributed by atoms with E-state index in [-0.39, 0.29) is 5.91 Å². The molecule has 1 atom stereocenters. The van der Waals surface area contributed by atoms with Gasteiger partial charge in [0.1, 0.15) is 5.54 Å². The number of guanidine groups is 1. The molecular weight excluding hydrogens is 180 g/mol. The molecule has 0 radical (unpaired) electrons. The molecule has 1 aliphatic heterocycles. The average molecular weight is 198 g/mol. The van der Waals surface area contributed by atoms with Gasteiger partial charge >= 0.3 is 0 Å². The van der Waals surface area contributed by atoms with Gasteiger partial charge < -0.3 is 16.0 Å². The molecule has 5 nitrogen and oxygen atoms in total. The molecule has 1 heterocycles. The summed E-state index contributed by atoms with van der Waals surface area (Å²) in [5, 5.41) is 8.82. The fourth-order valence-electron chi connectivity index (χ4n) is 1.29. The quantitative estimate of drug-likeness (QED) is 0.557. The maximum Gasteiger partial charge on any atom is 0.244 e. The van der Waals surface area contributed by atoms with E-state index < -0.39 is 5.54 Å². The van der Waals surface area contributed by atoms with Crippen LogP contribution in [0.2, 0.25) is 0 Å². The molecule has 80 valence electrons. The molecule has 0 saturated carbocycles. The van der Waals surface area contributed by atoms with Gasteiger partial charge in [0.25, 0.3) is 0 Å². The topological polar surface area (TPSA) is 65.5 Å². The molecule has 0 aromatic carbocycles. The Balaban J connectivity index is 2.55. The summed E-state index contributed by atoms with van der Waals surface area (Å²) in [6, 6.07) is 0.345. The first-order valence-corrected chi connectivity index (χ1v) is 4.77. The maximum atomic E-state index is 11.4. The van der Waals surface area contributed by atoms with Crippen molar-refractivity contribution in [1.29, 1.82) is 0 Å². The second-order valence-corrected chi connectivity index (χ2v) is 4.06. The lowest BCUT2D eigenvalue weighted by molar-refractivity contribution is -0.125. The molecule has 0 aromatic heterocycles. The third-order valence-electron chi connectivity index (χ3n) is 2.13. The predicted octanol–water partition coefficient (Wildman–Crippen LogP) is -0.552. The third kappa shape index (κ3) is 2.37. The average Bonchev–Trinajstić information content (AvgIpc) is 2.48. The van der Waals surface area contributed by atoms with Gasteiger partial charge in [0.05, 0.1) is 6.54 Å². The van der Waals surface area contributed by atoms with Gasteiger partial charge in [0.15, 0.2) is 5.96 Å². The van der Waals surface area contributed by atoms with Gasteiger partial charge in [-0.3, -0.25) is 9.79 Å². The molecule has 0 aromatic rings. The van der Waals surface area contributed by atoms with E-state index in [2.05, 4.69) is 20.9 Å². The first-order chi connectivity index (χ1) is 6.45. The van der Waals surface area contributed by atoms with Gasteiger partial charge in [-0.15, -0.1) is 0 Å². The standard InChI is InChI=1S/C9H18N4O/c1-6-5-11-8(12-6)13-9(2,3)7(14)10-4/h6H,5H2,1-4H3,(H,10,14)(H2,11,12,13). The van der Waals surface area contributed by atoms with Crippen molar-refractivity contribution in [3.05, 3.63) is 0 Å². The fourth-order valence-corrected chi connectivity index (χ4v) is 1.29. The van der Waals surface area contributed by atoms with Crippen LogP contribution in [0, 0.1) is 0 Å². The highest BCUT2D eigenvalue weighted by Gasteiger charge is 2.28. The van der Waals surface area contributed by atoms with Crippen LogP contribution in [-0.4, -0.2) is 37.0 Å². The lowest BCUT2D eigenvalue weighted by Gasteiger charge is -2.25. The lowest BCUT2D eigenvalue weighted by atomic mass is 10.1. The molecule has 5 heteroatoms. The Morgan fingerprint density at radius 1 is 1.64 bits per heavy atom. The van der Waals surface area contributed by atoms with E-state index in [1.807, 2.05) is 20.8 Å². The molecule has 14 heavy (non-hydrogen) atoms. The van der Waals surface area contributed by atoms with Crippen molar-refractivity contribution in [2.45, 2.75) is 32.4 Å². The largest absolute Gasteiger partial charge is 0.357 e. The van der Waals surface area contributed by atoms with Crippen LogP contribution in [0.1, 0.15) is 20.8 Å².